The van der Waals surface area contributed by atoms with Gasteiger partial charge in [-0.05, 0) is 13.0 Å². The Kier molecular flexibility index (Phi) is 6.84. The lowest BCUT2D eigenvalue weighted by Crippen LogP contribution is -2.22. The normalized spacial score (nSPS) is 10.3. The van der Waals surface area contributed by atoms with Crippen LogP contribution in [0.4, 0.5) is 0 Å². The van der Waals surface area contributed by atoms with E-state index in [1.165, 1.54) is 0 Å². The molecule has 19 heavy (non-hydrogen) atoms. The molecule has 0 saturated carbocycles. The highest BCUT2D eigenvalue weighted by Gasteiger charge is 2.11. The number of terminal acetylenes is 1. The lowest BCUT2D eigenvalue weighted by molar-refractivity contribution is 0.278. The summed E-state index contributed by atoms with van der Waals surface area (Å²) >= 11 is 0. The fourth-order valence-corrected chi connectivity index (χ4v) is 1.66. The van der Waals surface area contributed by atoms with E-state index in [-0.39, 0.29) is 0 Å². The Morgan fingerprint density at radius 3 is 2.74 bits per heavy atom. The van der Waals surface area contributed by atoms with Gasteiger partial charge < -0.3 is 14.8 Å². The zero-order valence-electron chi connectivity index (χ0n) is 12.0. The molecule has 0 spiro atoms. The van der Waals surface area contributed by atoms with Gasteiger partial charge in [-0.3, -0.25) is 0 Å². The fourth-order valence-electron chi connectivity index (χ4n) is 1.66. The summed E-state index contributed by atoms with van der Waals surface area (Å²) in [6, 6.07) is 6.38. The van der Waals surface area contributed by atoms with Crippen LogP contribution in [0.2, 0.25) is 0 Å². The molecule has 0 fully saturated rings. The summed E-state index contributed by atoms with van der Waals surface area (Å²) in [5, 5.41) is 3.39. The van der Waals surface area contributed by atoms with E-state index in [1.54, 1.807) is 0 Å². The van der Waals surface area contributed by atoms with Crippen molar-refractivity contribution in [3.05, 3.63) is 23.8 Å². The van der Waals surface area contributed by atoms with Gasteiger partial charge in [0.05, 0.1) is 13.2 Å². The summed E-state index contributed by atoms with van der Waals surface area (Å²) < 4.78 is 11.4. The maximum Gasteiger partial charge on any atom is 0.165 e. The minimum Gasteiger partial charge on any atom is -0.490 e. The molecule has 3 heteroatoms. The van der Waals surface area contributed by atoms with Gasteiger partial charge in [0, 0.05) is 24.6 Å². The van der Waals surface area contributed by atoms with E-state index < -0.39 is 0 Å². The van der Waals surface area contributed by atoms with Crippen LogP contribution >= 0.6 is 0 Å². The Hall–Kier alpha value is -1.66. The van der Waals surface area contributed by atoms with Gasteiger partial charge in [0.2, 0.25) is 0 Å². The van der Waals surface area contributed by atoms with E-state index in [2.05, 4.69) is 25.1 Å². The second-order valence-electron chi connectivity index (χ2n) is 4.52. The van der Waals surface area contributed by atoms with Gasteiger partial charge in [-0.15, -0.1) is 12.3 Å². The third-order valence-electron chi connectivity index (χ3n) is 2.55. The van der Waals surface area contributed by atoms with Gasteiger partial charge in [-0.1, -0.05) is 26.0 Å². The monoisotopic (exact) mass is 261 g/mol. The van der Waals surface area contributed by atoms with Crippen molar-refractivity contribution < 1.29 is 9.47 Å². The molecule has 0 heterocycles. The van der Waals surface area contributed by atoms with Gasteiger partial charge in [0.1, 0.15) is 0 Å². The summed E-state index contributed by atoms with van der Waals surface area (Å²) in [4.78, 5) is 0. The predicted molar refractivity (Wildman–Crippen MR) is 78.5 cm³/mol. The second kappa shape index (κ2) is 8.44. The molecule has 0 unspecified atom stereocenters. The standard InChI is InChI=1S/C16H23NO2/c1-5-7-11-19-16-14(12-17-13(3)4)9-8-10-15(16)18-6-2/h1,8-10,13,17H,6-7,11-12H2,2-4H3. The van der Waals surface area contributed by atoms with Gasteiger partial charge in [-0.25, -0.2) is 0 Å². The quantitative estimate of drug-likeness (QED) is 0.576. The van der Waals surface area contributed by atoms with E-state index >= 15 is 0 Å². The van der Waals surface area contributed by atoms with Crippen LogP contribution in [-0.4, -0.2) is 19.3 Å². The third-order valence-corrected chi connectivity index (χ3v) is 2.55. The molecule has 1 rings (SSSR count). The van der Waals surface area contributed by atoms with Crippen LogP contribution in [0.15, 0.2) is 18.2 Å². The first kappa shape index (κ1) is 15.4. The molecule has 0 aliphatic carbocycles. The third kappa shape index (κ3) is 5.23. The first-order chi connectivity index (χ1) is 9.19. The van der Waals surface area contributed by atoms with Crippen molar-refractivity contribution in [1.82, 2.24) is 5.32 Å². The molecule has 0 aromatic heterocycles. The van der Waals surface area contributed by atoms with Crippen molar-refractivity contribution in [2.45, 2.75) is 39.8 Å². The van der Waals surface area contributed by atoms with Crippen molar-refractivity contribution in [3.63, 3.8) is 0 Å². The number of hydrogen-bond donors (Lipinski definition) is 1. The molecular formula is C16H23NO2. The molecule has 0 saturated heterocycles. The van der Waals surface area contributed by atoms with Crippen molar-refractivity contribution in [2.75, 3.05) is 13.2 Å². The number of ether oxygens (including phenoxy) is 2. The van der Waals surface area contributed by atoms with Crippen molar-refractivity contribution >= 4 is 0 Å². The topological polar surface area (TPSA) is 30.5 Å². The largest absolute Gasteiger partial charge is 0.490 e. The van der Waals surface area contributed by atoms with Crippen LogP contribution in [0.25, 0.3) is 0 Å². The lowest BCUT2D eigenvalue weighted by Gasteiger charge is -2.16. The first-order valence-electron chi connectivity index (χ1n) is 6.73. The number of rotatable bonds is 8. The molecule has 3 nitrogen and oxygen atoms in total. The molecule has 0 aliphatic rings. The second-order valence-corrected chi connectivity index (χ2v) is 4.52. The molecule has 1 aromatic rings. The van der Waals surface area contributed by atoms with Crippen LogP contribution in [0.1, 0.15) is 32.8 Å². The fraction of sp³-hybridized carbons (Fsp3) is 0.500. The van der Waals surface area contributed by atoms with Gasteiger partial charge in [0.15, 0.2) is 11.5 Å². The summed E-state index contributed by atoms with van der Waals surface area (Å²) in [5.41, 5.74) is 1.09. The summed E-state index contributed by atoms with van der Waals surface area (Å²) in [6.07, 6.45) is 5.85. The van der Waals surface area contributed by atoms with E-state index in [0.717, 1.165) is 23.6 Å². The molecule has 0 amide bonds. The molecule has 0 atom stereocenters. The molecule has 0 radical (unpaired) electrons. The maximum absolute atomic E-state index is 5.79. The Morgan fingerprint density at radius 2 is 2.11 bits per heavy atom. The minimum atomic E-state index is 0.425. The van der Waals surface area contributed by atoms with Crippen LogP contribution < -0.4 is 14.8 Å². The van der Waals surface area contributed by atoms with Crippen molar-refractivity contribution in [2.24, 2.45) is 0 Å². The Labute approximate surface area is 116 Å². The SMILES string of the molecule is C#CCCOc1c(CNC(C)C)cccc1OCC. The van der Waals surface area contributed by atoms with E-state index in [9.17, 15) is 0 Å². The van der Waals surface area contributed by atoms with Gasteiger partial charge >= 0.3 is 0 Å². The molecule has 1 N–H and O–H groups in total. The summed E-state index contributed by atoms with van der Waals surface area (Å²) in [6.45, 7) is 8.08. The zero-order valence-corrected chi connectivity index (χ0v) is 12.0. The van der Waals surface area contributed by atoms with Gasteiger partial charge in [-0.2, -0.15) is 0 Å². The number of para-hydroxylation sites is 1. The minimum absolute atomic E-state index is 0.425. The van der Waals surface area contributed by atoms with Crippen LogP contribution in [0.5, 0.6) is 11.5 Å². The average Bonchev–Trinajstić information content (AvgIpc) is 2.39. The highest BCUT2D eigenvalue weighted by molar-refractivity contribution is 5.46. The Bertz CT molecular complexity index is 421. The number of benzene rings is 1. The van der Waals surface area contributed by atoms with Crippen LogP contribution in [0, 0.1) is 12.3 Å². The highest BCUT2D eigenvalue weighted by Crippen LogP contribution is 2.31. The van der Waals surface area contributed by atoms with E-state index in [4.69, 9.17) is 15.9 Å². The van der Waals surface area contributed by atoms with Crippen LogP contribution in [-0.2, 0) is 6.54 Å². The van der Waals surface area contributed by atoms with Crippen molar-refractivity contribution in [3.8, 4) is 23.8 Å². The molecule has 1 aromatic carbocycles. The first-order valence-corrected chi connectivity index (χ1v) is 6.73. The predicted octanol–water partition coefficient (Wildman–Crippen LogP) is 2.99. The molecule has 0 aliphatic heterocycles. The number of hydrogen-bond acceptors (Lipinski definition) is 3. The van der Waals surface area contributed by atoms with E-state index in [1.807, 2.05) is 25.1 Å². The summed E-state index contributed by atoms with van der Waals surface area (Å²) in [5.74, 6) is 4.16. The van der Waals surface area contributed by atoms with Crippen molar-refractivity contribution in [1.29, 1.82) is 0 Å². The zero-order chi connectivity index (χ0) is 14.1. The lowest BCUT2D eigenvalue weighted by atomic mass is 10.1. The van der Waals surface area contributed by atoms with Crippen LogP contribution in [0.3, 0.4) is 0 Å². The average molecular weight is 261 g/mol. The van der Waals surface area contributed by atoms with Gasteiger partial charge in [0.25, 0.3) is 0 Å². The number of nitrogens with one attached hydrogen (secondary N) is 1. The smallest absolute Gasteiger partial charge is 0.165 e. The Balaban J connectivity index is 2.86. The molecule has 0 bridgehead atoms. The molecule has 104 valence electrons. The highest BCUT2D eigenvalue weighted by atomic mass is 16.5. The van der Waals surface area contributed by atoms with E-state index in [0.29, 0.717) is 25.7 Å². The molecular weight excluding hydrogens is 238 g/mol. The Morgan fingerprint density at radius 1 is 1.32 bits per heavy atom. The maximum atomic E-state index is 5.79. The summed E-state index contributed by atoms with van der Waals surface area (Å²) in [7, 11) is 0.